The first-order valence-electron chi connectivity index (χ1n) is 8.68. The standard InChI is InChI=1S/C19H24N2O3/c1-2-24-18(23)19(10-6-3-7-11-19)21-17(22)12-14-13-20-16-9-5-4-8-15(14)16/h4-5,8-9,13,20H,2-3,6-7,10-12H2,1H3,(H,21,22). The van der Waals surface area contributed by atoms with Gasteiger partial charge in [0.25, 0.3) is 0 Å². The van der Waals surface area contributed by atoms with Crippen LogP contribution in [0.15, 0.2) is 30.5 Å². The maximum absolute atomic E-state index is 12.6. The molecule has 0 saturated heterocycles. The van der Waals surface area contributed by atoms with Gasteiger partial charge in [0.15, 0.2) is 0 Å². The van der Waals surface area contributed by atoms with E-state index in [1.54, 1.807) is 6.92 Å². The Hall–Kier alpha value is -2.30. The smallest absolute Gasteiger partial charge is 0.331 e. The molecule has 2 N–H and O–H groups in total. The highest BCUT2D eigenvalue weighted by Gasteiger charge is 2.42. The number of esters is 1. The number of amides is 1. The first kappa shape index (κ1) is 16.6. The van der Waals surface area contributed by atoms with Gasteiger partial charge in [-0.1, -0.05) is 37.5 Å². The van der Waals surface area contributed by atoms with Crippen LogP contribution in [0.25, 0.3) is 10.9 Å². The first-order valence-corrected chi connectivity index (χ1v) is 8.68. The van der Waals surface area contributed by atoms with Gasteiger partial charge in [0, 0.05) is 17.1 Å². The molecule has 1 aromatic heterocycles. The summed E-state index contributed by atoms with van der Waals surface area (Å²) in [5, 5.41) is 4.04. The molecule has 128 valence electrons. The van der Waals surface area contributed by atoms with Crippen molar-refractivity contribution in [1.29, 1.82) is 0 Å². The summed E-state index contributed by atoms with van der Waals surface area (Å²) >= 11 is 0. The zero-order valence-corrected chi connectivity index (χ0v) is 14.1. The third-order valence-corrected chi connectivity index (χ3v) is 4.78. The SMILES string of the molecule is CCOC(=O)C1(NC(=O)Cc2c[nH]c3ccccc23)CCCCC1. The molecule has 1 fully saturated rings. The van der Waals surface area contributed by atoms with E-state index in [1.807, 2.05) is 30.5 Å². The molecule has 3 rings (SSSR count). The van der Waals surface area contributed by atoms with Crippen molar-refractivity contribution in [2.75, 3.05) is 6.61 Å². The summed E-state index contributed by atoms with van der Waals surface area (Å²) in [4.78, 5) is 28.2. The second kappa shape index (κ2) is 7.07. The summed E-state index contributed by atoms with van der Waals surface area (Å²) < 4.78 is 5.23. The summed E-state index contributed by atoms with van der Waals surface area (Å²) in [6.07, 6.45) is 6.40. The van der Waals surface area contributed by atoms with E-state index < -0.39 is 5.54 Å². The lowest BCUT2D eigenvalue weighted by Crippen LogP contribution is -2.56. The minimum absolute atomic E-state index is 0.130. The van der Waals surface area contributed by atoms with Gasteiger partial charge >= 0.3 is 5.97 Å². The maximum atomic E-state index is 12.6. The van der Waals surface area contributed by atoms with E-state index in [0.29, 0.717) is 19.4 Å². The Kier molecular flexibility index (Phi) is 4.88. The second-order valence-electron chi connectivity index (χ2n) is 6.45. The van der Waals surface area contributed by atoms with Gasteiger partial charge in [-0.2, -0.15) is 0 Å². The Balaban J connectivity index is 1.75. The fourth-order valence-electron chi connectivity index (χ4n) is 3.57. The number of para-hydroxylation sites is 1. The molecule has 5 nitrogen and oxygen atoms in total. The van der Waals surface area contributed by atoms with Crippen LogP contribution in [0.2, 0.25) is 0 Å². The van der Waals surface area contributed by atoms with Crippen molar-refractivity contribution in [1.82, 2.24) is 10.3 Å². The number of carbonyl (C=O) groups is 2. The highest BCUT2D eigenvalue weighted by Crippen LogP contribution is 2.30. The zero-order valence-electron chi connectivity index (χ0n) is 14.1. The molecule has 1 aromatic carbocycles. The number of benzene rings is 1. The summed E-state index contributed by atoms with van der Waals surface area (Å²) in [7, 11) is 0. The lowest BCUT2D eigenvalue weighted by molar-refractivity contribution is -0.155. The fraction of sp³-hybridized carbons (Fsp3) is 0.474. The van der Waals surface area contributed by atoms with Crippen LogP contribution < -0.4 is 5.32 Å². The minimum atomic E-state index is -0.850. The molecule has 2 aromatic rings. The number of carbonyl (C=O) groups excluding carboxylic acids is 2. The van der Waals surface area contributed by atoms with Gasteiger partial charge in [-0.3, -0.25) is 4.79 Å². The van der Waals surface area contributed by atoms with E-state index in [0.717, 1.165) is 35.7 Å². The number of nitrogens with one attached hydrogen (secondary N) is 2. The number of ether oxygens (including phenoxy) is 1. The lowest BCUT2D eigenvalue weighted by Gasteiger charge is -2.35. The number of aromatic nitrogens is 1. The van der Waals surface area contributed by atoms with Crippen LogP contribution in [0.5, 0.6) is 0 Å². The Morgan fingerprint density at radius 2 is 1.96 bits per heavy atom. The van der Waals surface area contributed by atoms with Gasteiger partial charge in [0.05, 0.1) is 13.0 Å². The maximum Gasteiger partial charge on any atom is 0.331 e. The molecule has 0 radical (unpaired) electrons. The summed E-state index contributed by atoms with van der Waals surface area (Å²) in [6, 6.07) is 7.90. The fourth-order valence-corrected chi connectivity index (χ4v) is 3.57. The van der Waals surface area contributed by atoms with Crippen molar-refractivity contribution in [3.8, 4) is 0 Å². The highest BCUT2D eigenvalue weighted by molar-refractivity contribution is 5.92. The van der Waals surface area contributed by atoms with E-state index in [2.05, 4.69) is 10.3 Å². The van der Waals surface area contributed by atoms with Crippen molar-refractivity contribution >= 4 is 22.8 Å². The van der Waals surface area contributed by atoms with Gasteiger partial charge < -0.3 is 15.0 Å². The van der Waals surface area contributed by atoms with Crippen molar-refractivity contribution in [2.45, 2.75) is 51.0 Å². The number of aromatic amines is 1. The van der Waals surface area contributed by atoms with Crippen LogP contribution >= 0.6 is 0 Å². The number of hydrogen-bond acceptors (Lipinski definition) is 3. The van der Waals surface area contributed by atoms with Gasteiger partial charge in [0.1, 0.15) is 5.54 Å². The second-order valence-corrected chi connectivity index (χ2v) is 6.45. The molecule has 0 aliphatic heterocycles. The average Bonchev–Trinajstić information content (AvgIpc) is 2.99. The predicted molar refractivity (Wildman–Crippen MR) is 92.6 cm³/mol. The van der Waals surface area contributed by atoms with Gasteiger partial charge in [-0.15, -0.1) is 0 Å². The summed E-state index contributed by atoms with van der Waals surface area (Å²) in [5.74, 6) is -0.424. The predicted octanol–water partition coefficient (Wildman–Crippen LogP) is 3.09. The molecule has 0 bridgehead atoms. The van der Waals surface area contributed by atoms with Crippen LogP contribution in [-0.4, -0.2) is 29.0 Å². The first-order chi connectivity index (χ1) is 11.6. The molecule has 1 aliphatic rings. The zero-order chi connectivity index (χ0) is 17.0. The highest BCUT2D eigenvalue weighted by atomic mass is 16.5. The van der Waals surface area contributed by atoms with Gasteiger partial charge in [-0.25, -0.2) is 4.79 Å². The van der Waals surface area contributed by atoms with Crippen molar-refractivity contribution in [2.24, 2.45) is 0 Å². The van der Waals surface area contributed by atoms with E-state index in [4.69, 9.17) is 4.74 Å². The number of rotatable bonds is 5. The van der Waals surface area contributed by atoms with Crippen LogP contribution in [0, 0.1) is 0 Å². The lowest BCUT2D eigenvalue weighted by atomic mass is 9.81. The number of fused-ring (bicyclic) bond motifs is 1. The molecule has 5 heteroatoms. The molecule has 0 spiro atoms. The molecule has 1 heterocycles. The van der Waals surface area contributed by atoms with E-state index >= 15 is 0 Å². The Morgan fingerprint density at radius 1 is 1.21 bits per heavy atom. The number of H-pyrrole nitrogens is 1. The molecular weight excluding hydrogens is 304 g/mol. The van der Waals surface area contributed by atoms with Crippen LogP contribution in [0.3, 0.4) is 0 Å². The van der Waals surface area contributed by atoms with E-state index in [1.165, 1.54) is 0 Å². The average molecular weight is 328 g/mol. The molecule has 24 heavy (non-hydrogen) atoms. The summed E-state index contributed by atoms with van der Waals surface area (Å²) in [5.41, 5.74) is 1.10. The van der Waals surface area contributed by atoms with Crippen molar-refractivity contribution < 1.29 is 14.3 Å². The van der Waals surface area contributed by atoms with Crippen molar-refractivity contribution in [3.63, 3.8) is 0 Å². The largest absolute Gasteiger partial charge is 0.464 e. The molecule has 0 unspecified atom stereocenters. The minimum Gasteiger partial charge on any atom is -0.464 e. The van der Waals surface area contributed by atoms with Crippen LogP contribution in [-0.2, 0) is 20.7 Å². The quantitative estimate of drug-likeness (QED) is 0.829. The third kappa shape index (κ3) is 3.30. The normalized spacial score (nSPS) is 16.7. The van der Waals surface area contributed by atoms with Crippen LogP contribution in [0.4, 0.5) is 0 Å². The molecule has 1 amide bonds. The number of hydrogen-bond donors (Lipinski definition) is 2. The Labute approximate surface area is 141 Å². The Morgan fingerprint density at radius 3 is 2.71 bits per heavy atom. The van der Waals surface area contributed by atoms with E-state index in [9.17, 15) is 9.59 Å². The van der Waals surface area contributed by atoms with E-state index in [-0.39, 0.29) is 18.3 Å². The Bertz CT molecular complexity index is 729. The molecule has 1 aliphatic carbocycles. The topological polar surface area (TPSA) is 71.2 Å². The van der Waals surface area contributed by atoms with Crippen LogP contribution in [0.1, 0.15) is 44.6 Å². The van der Waals surface area contributed by atoms with Gasteiger partial charge in [-0.05, 0) is 31.4 Å². The van der Waals surface area contributed by atoms with Gasteiger partial charge in [0.2, 0.25) is 5.91 Å². The third-order valence-electron chi connectivity index (χ3n) is 4.78. The monoisotopic (exact) mass is 328 g/mol. The molecular formula is C19H24N2O3. The molecule has 0 atom stereocenters. The summed E-state index contributed by atoms with van der Waals surface area (Å²) in [6.45, 7) is 2.13. The van der Waals surface area contributed by atoms with Crippen molar-refractivity contribution in [3.05, 3.63) is 36.0 Å². The molecule has 1 saturated carbocycles.